The number of alkyl halides is 3. The number of benzene rings is 1. The summed E-state index contributed by atoms with van der Waals surface area (Å²) in [5, 5.41) is 10.4. The Morgan fingerprint density at radius 3 is 2.69 bits per heavy atom. The molecule has 1 aromatic carbocycles. The lowest BCUT2D eigenvalue weighted by Gasteiger charge is -2.34. The van der Waals surface area contributed by atoms with Crippen LogP contribution in [0.25, 0.3) is 0 Å². The highest BCUT2D eigenvalue weighted by atomic mass is 32.2. The Balaban J connectivity index is 1.38. The van der Waals surface area contributed by atoms with Gasteiger partial charge < -0.3 is 10.0 Å². The lowest BCUT2D eigenvalue weighted by Crippen LogP contribution is -2.33. The molecular formula is C24H27F4NO2S. The Kier molecular flexibility index (Phi) is 6.89. The molecule has 1 aliphatic heterocycles. The Labute approximate surface area is 189 Å². The zero-order valence-electron chi connectivity index (χ0n) is 17.7. The topological polar surface area (TPSA) is 40.5 Å². The standard InChI is InChI=1S/C24H27F4NO2S/c25-21-8-6-15(13-20(21)24(26,27)28)3-2-10-32-22-19(23(30)31)4-1-9-29(22)14-18-12-16-5-7-17(18)11-16/h1,4,6,8,13,16-18H,2-3,5,7,9-12,14H2,(H,30,31). The summed E-state index contributed by atoms with van der Waals surface area (Å²) in [5.41, 5.74) is -0.535. The van der Waals surface area contributed by atoms with Gasteiger partial charge in [-0.25, -0.2) is 9.18 Å². The molecule has 1 heterocycles. The van der Waals surface area contributed by atoms with Gasteiger partial charge in [0.05, 0.1) is 16.2 Å². The van der Waals surface area contributed by atoms with Crippen LogP contribution in [0.1, 0.15) is 43.2 Å². The maximum absolute atomic E-state index is 13.5. The highest BCUT2D eigenvalue weighted by Gasteiger charge is 2.40. The normalized spacial score (nSPS) is 25.1. The van der Waals surface area contributed by atoms with Crippen LogP contribution in [0, 0.1) is 23.6 Å². The van der Waals surface area contributed by atoms with Crippen molar-refractivity contribution < 1.29 is 27.5 Å². The fraction of sp³-hybridized carbons (Fsp3) is 0.542. The minimum Gasteiger partial charge on any atom is -0.478 e. The first kappa shape index (κ1) is 23.2. The number of nitrogens with zero attached hydrogens (tertiary/aromatic N) is 1. The first-order valence-corrected chi connectivity index (χ1v) is 12.1. The summed E-state index contributed by atoms with van der Waals surface area (Å²) in [7, 11) is 0. The van der Waals surface area contributed by atoms with E-state index < -0.39 is 23.5 Å². The van der Waals surface area contributed by atoms with E-state index in [1.165, 1.54) is 43.5 Å². The van der Waals surface area contributed by atoms with Crippen molar-refractivity contribution in [1.29, 1.82) is 0 Å². The second-order valence-corrected chi connectivity index (χ2v) is 10.1. The molecule has 3 atom stereocenters. The van der Waals surface area contributed by atoms with Gasteiger partial charge in [0.25, 0.3) is 0 Å². The van der Waals surface area contributed by atoms with Crippen molar-refractivity contribution in [1.82, 2.24) is 4.90 Å². The number of rotatable bonds is 8. The largest absolute Gasteiger partial charge is 0.478 e. The van der Waals surface area contributed by atoms with Crippen LogP contribution in [-0.4, -0.2) is 34.8 Å². The van der Waals surface area contributed by atoms with Gasteiger partial charge in [0.2, 0.25) is 0 Å². The third-order valence-corrected chi connectivity index (χ3v) is 8.13. The summed E-state index contributed by atoms with van der Waals surface area (Å²) < 4.78 is 52.3. The van der Waals surface area contributed by atoms with Crippen LogP contribution in [0.4, 0.5) is 17.6 Å². The van der Waals surface area contributed by atoms with Crippen LogP contribution in [0.2, 0.25) is 0 Å². The lowest BCUT2D eigenvalue weighted by molar-refractivity contribution is -0.140. The third kappa shape index (κ3) is 5.16. The van der Waals surface area contributed by atoms with Crippen molar-refractivity contribution in [2.45, 2.75) is 44.7 Å². The molecule has 174 valence electrons. The molecule has 2 bridgehead atoms. The van der Waals surface area contributed by atoms with Gasteiger partial charge in [-0.2, -0.15) is 13.2 Å². The number of aliphatic carboxylic acids is 1. The van der Waals surface area contributed by atoms with Crippen molar-refractivity contribution in [3.63, 3.8) is 0 Å². The Bertz CT molecular complexity index is 927. The Hall–Kier alpha value is -1.96. The van der Waals surface area contributed by atoms with Gasteiger partial charge in [0, 0.05) is 13.1 Å². The number of hydrogen-bond acceptors (Lipinski definition) is 3. The summed E-state index contributed by atoms with van der Waals surface area (Å²) in [5.74, 6) is 0.512. The predicted octanol–water partition coefficient (Wildman–Crippen LogP) is 6.11. The van der Waals surface area contributed by atoms with Crippen LogP contribution >= 0.6 is 11.8 Å². The molecule has 3 nitrogen and oxygen atoms in total. The minimum atomic E-state index is -4.72. The monoisotopic (exact) mass is 469 g/mol. The molecular weight excluding hydrogens is 442 g/mol. The second kappa shape index (κ2) is 9.49. The maximum atomic E-state index is 13.5. The van der Waals surface area contributed by atoms with E-state index in [4.69, 9.17) is 0 Å². The van der Waals surface area contributed by atoms with E-state index in [0.29, 0.717) is 36.6 Å². The van der Waals surface area contributed by atoms with Crippen LogP contribution < -0.4 is 0 Å². The zero-order chi connectivity index (χ0) is 22.9. The van der Waals surface area contributed by atoms with Gasteiger partial charge >= 0.3 is 12.1 Å². The summed E-state index contributed by atoms with van der Waals surface area (Å²) in [6.07, 6.45) is 4.86. The van der Waals surface area contributed by atoms with Gasteiger partial charge in [-0.1, -0.05) is 18.6 Å². The molecule has 1 aromatic rings. The van der Waals surface area contributed by atoms with Crippen molar-refractivity contribution >= 4 is 17.7 Å². The number of carboxylic acid groups (broad SMARTS) is 1. The average Bonchev–Trinajstić information content (AvgIpc) is 3.35. The number of carbonyl (C=O) groups is 1. The molecule has 0 spiro atoms. The molecule has 0 aromatic heterocycles. The highest BCUT2D eigenvalue weighted by molar-refractivity contribution is 8.03. The maximum Gasteiger partial charge on any atom is 0.419 e. The second-order valence-electron chi connectivity index (χ2n) is 9.03. The molecule has 2 aliphatic carbocycles. The molecule has 0 amide bonds. The Morgan fingerprint density at radius 1 is 1.22 bits per heavy atom. The highest BCUT2D eigenvalue weighted by Crippen LogP contribution is 2.49. The fourth-order valence-corrected chi connectivity index (χ4v) is 6.51. The number of carboxylic acids is 1. The van der Waals surface area contributed by atoms with Crippen molar-refractivity contribution in [2.24, 2.45) is 17.8 Å². The quantitative estimate of drug-likeness (QED) is 0.368. The van der Waals surface area contributed by atoms with Gasteiger partial charge in [-0.05, 0) is 79.4 Å². The van der Waals surface area contributed by atoms with E-state index in [9.17, 15) is 27.5 Å². The van der Waals surface area contributed by atoms with Crippen molar-refractivity contribution in [2.75, 3.05) is 18.8 Å². The summed E-state index contributed by atoms with van der Waals surface area (Å²) in [6.45, 7) is 1.54. The number of thioether (sulfide) groups is 1. The Morgan fingerprint density at radius 2 is 2.03 bits per heavy atom. The van der Waals surface area contributed by atoms with E-state index in [1.807, 2.05) is 6.08 Å². The summed E-state index contributed by atoms with van der Waals surface area (Å²) in [4.78, 5) is 14.0. The van der Waals surface area contributed by atoms with E-state index >= 15 is 0 Å². The predicted molar refractivity (Wildman–Crippen MR) is 116 cm³/mol. The molecule has 3 aliphatic rings. The fourth-order valence-electron chi connectivity index (χ4n) is 5.39. The lowest BCUT2D eigenvalue weighted by atomic mass is 9.88. The van der Waals surface area contributed by atoms with Crippen LogP contribution in [0.15, 0.2) is 41.0 Å². The van der Waals surface area contributed by atoms with Gasteiger partial charge in [-0.15, -0.1) is 11.8 Å². The van der Waals surface area contributed by atoms with Crippen LogP contribution in [-0.2, 0) is 17.4 Å². The molecule has 0 saturated heterocycles. The number of fused-ring (bicyclic) bond motifs is 2. The molecule has 3 unspecified atom stereocenters. The van der Waals surface area contributed by atoms with E-state index in [1.54, 1.807) is 6.08 Å². The van der Waals surface area contributed by atoms with E-state index in [0.717, 1.165) is 35.5 Å². The third-order valence-electron chi connectivity index (χ3n) is 6.88. The summed E-state index contributed by atoms with van der Waals surface area (Å²) >= 11 is 1.45. The molecule has 32 heavy (non-hydrogen) atoms. The average molecular weight is 470 g/mol. The van der Waals surface area contributed by atoms with Crippen LogP contribution in [0.3, 0.4) is 0 Å². The van der Waals surface area contributed by atoms with E-state index in [-0.39, 0.29) is 5.57 Å². The number of hydrogen-bond donors (Lipinski definition) is 1. The molecule has 2 saturated carbocycles. The molecule has 0 radical (unpaired) electrons. The smallest absolute Gasteiger partial charge is 0.419 e. The van der Waals surface area contributed by atoms with Gasteiger partial charge in [0.15, 0.2) is 0 Å². The molecule has 1 N–H and O–H groups in total. The van der Waals surface area contributed by atoms with Crippen molar-refractivity contribution in [3.05, 3.63) is 57.9 Å². The van der Waals surface area contributed by atoms with Gasteiger partial charge in [-0.3, -0.25) is 0 Å². The van der Waals surface area contributed by atoms with Crippen LogP contribution in [0.5, 0.6) is 0 Å². The van der Waals surface area contributed by atoms with Gasteiger partial charge in [0.1, 0.15) is 5.82 Å². The zero-order valence-corrected chi connectivity index (χ0v) is 18.5. The first-order chi connectivity index (χ1) is 15.2. The molecule has 2 fully saturated rings. The number of aryl methyl sites for hydroxylation is 1. The van der Waals surface area contributed by atoms with Crippen molar-refractivity contribution in [3.8, 4) is 0 Å². The number of halogens is 4. The minimum absolute atomic E-state index is 0.283. The molecule has 8 heteroatoms. The summed E-state index contributed by atoms with van der Waals surface area (Å²) in [6, 6.07) is 3.11. The first-order valence-electron chi connectivity index (χ1n) is 11.1. The van der Waals surface area contributed by atoms with E-state index in [2.05, 4.69) is 4.90 Å². The molecule has 4 rings (SSSR count). The SMILES string of the molecule is O=C(O)C1=C(SCCCc2ccc(F)c(C(F)(F)F)c2)N(CC2CC3CCC2C3)CC=C1.